The van der Waals surface area contributed by atoms with Crippen LogP contribution in [0.1, 0.15) is 0 Å². The molecule has 0 aliphatic carbocycles. The van der Waals surface area contributed by atoms with Crippen molar-refractivity contribution in [3.63, 3.8) is 0 Å². The summed E-state index contributed by atoms with van der Waals surface area (Å²) in [6.45, 7) is 0.444. The molecule has 1 rings (SSSR count). The molecule has 1 aromatic carbocycles. The number of amides is 1. The first-order valence-electron chi connectivity index (χ1n) is 5.95. The second-order valence-electron chi connectivity index (χ2n) is 4.18. The highest BCUT2D eigenvalue weighted by Crippen LogP contribution is 2.16. The Morgan fingerprint density at radius 3 is 2.75 bits per heavy atom. The fraction of sp³-hybridized carbons (Fsp3) is 0.417. The van der Waals surface area contributed by atoms with E-state index in [2.05, 4.69) is 5.32 Å². The van der Waals surface area contributed by atoms with Gasteiger partial charge < -0.3 is 15.8 Å². The van der Waals surface area contributed by atoms with Gasteiger partial charge in [-0.15, -0.1) is 0 Å². The lowest BCUT2D eigenvalue weighted by atomic mass is 10.3. The monoisotopic (exact) mass is 301 g/mol. The number of sulfonamides is 1. The van der Waals surface area contributed by atoms with E-state index in [-0.39, 0.29) is 11.4 Å². The van der Waals surface area contributed by atoms with E-state index in [0.29, 0.717) is 18.8 Å². The van der Waals surface area contributed by atoms with E-state index in [1.165, 1.54) is 26.3 Å². The Bertz CT molecular complexity index is 560. The predicted octanol–water partition coefficient (Wildman–Crippen LogP) is -0.348. The van der Waals surface area contributed by atoms with Crippen LogP contribution in [0.2, 0.25) is 0 Å². The van der Waals surface area contributed by atoms with Crippen LogP contribution in [0.5, 0.6) is 0 Å². The van der Waals surface area contributed by atoms with Crippen LogP contribution in [0.15, 0.2) is 29.2 Å². The Kier molecular flexibility index (Phi) is 5.93. The molecule has 0 spiro atoms. The molecule has 0 unspecified atom stereocenters. The highest BCUT2D eigenvalue weighted by atomic mass is 32.2. The maximum atomic E-state index is 12.2. The van der Waals surface area contributed by atoms with Gasteiger partial charge in [-0.25, -0.2) is 8.42 Å². The standard InChI is InChI=1S/C12H19N3O4S/c1-15(9-12(16)14-6-7-19-2)20(17,18)11-5-3-4-10(13)8-11/h3-5,8H,6-7,9,13H2,1-2H3,(H,14,16). The number of rotatable bonds is 7. The van der Waals surface area contributed by atoms with Gasteiger partial charge in [0, 0.05) is 26.4 Å². The molecule has 3 N–H and O–H groups in total. The molecule has 0 saturated heterocycles. The van der Waals surface area contributed by atoms with Crippen molar-refractivity contribution in [1.29, 1.82) is 0 Å². The molecule has 0 aliphatic heterocycles. The molecular weight excluding hydrogens is 282 g/mol. The Hall–Kier alpha value is -1.64. The Labute approximate surface area is 118 Å². The second kappa shape index (κ2) is 7.22. The molecule has 0 heterocycles. The van der Waals surface area contributed by atoms with E-state index in [4.69, 9.17) is 10.5 Å². The van der Waals surface area contributed by atoms with Crippen LogP contribution in [0.3, 0.4) is 0 Å². The van der Waals surface area contributed by atoms with Crippen LogP contribution in [0.25, 0.3) is 0 Å². The third-order valence-corrected chi connectivity index (χ3v) is 4.36. The number of hydrogen-bond donors (Lipinski definition) is 2. The molecule has 20 heavy (non-hydrogen) atoms. The first kappa shape index (κ1) is 16.4. The first-order valence-corrected chi connectivity index (χ1v) is 7.39. The van der Waals surface area contributed by atoms with Crippen molar-refractivity contribution in [2.45, 2.75) is 4.90 Å². The van der Waals surface area contributed by atoms with Crippen LogP contribution >= 0.6 is 0 Å². The predicted molar refractivity (Wildman–Crippen MR) is 75.6 cm³/mol. The van der Waals surface area contributed by atoms with Crippen molar-refractivity contribution < 1.29 is 17.9 Å². The van der Waals surface area contributed by atoms with Crippen molar-refractivity contribution >= 4 is 21.6 Å². The van der Waals surface area contributed by atoms with Crippen molar-refractivity contribution in [2.75, 3.05) is 39.6 Å². The molecule has 0 fully saturated rings. The SMILES string of the molecule is COCCNC(=O)CN(C)S(=O)(=O)c1cccc(N)c1. The van der Waals surface area contributed by atoms with E-state index >= 15 is 0 Å². The Morgan fingerprint density at radius 1 is 1.45 bits per heavy atom. The third kappa shape index (κ3) is 4.48. The number of methoxy groups -OCH3 is 1. The lowest BCUT2D eigenvalue weighted by molar-refractivity contribution is -0.121. The van der Waals surface area contributed by atoms with E-state index < -0.39 is 15.9 Å². The molecule has 0 aromatic heterocycles. The molecule has 0 radical (unpaired) electrons. The average molecular weight is 301 g/mol. The minimum Gasteiger partial charge on any atom is -0.399 e. The van der Waals surface area contributed by atoms with Gasteiger partial charge in [-0.3, -0.25) is 4.79 Å². The number of nitrogens with two attached hydrogens (primary N) is 1. The lowest BCUT2D eigenvalue weighted by Gasteiger charge is -2.17. The number of likely N-dealkylation sites (N-methyl/N-ethyl adjacent to an activating group) is 1. The molecule has 0 aliphatic rings. The summed E-state index contributed by atoms with van der Waals surface area (Å²) in [6, 6.07) is 5.94. The summed E-state index contributed by atoms with van der Waals surface area (Å²) in [5.41, 5.74) is 5.91. The van der Waals surface area contributed by atoms with Gasteiger partial charge in [-0.2, -0.15) is 4.31 Å². The molecule has 8 heteroatoms. The van der Waals surface area contributed by atoms with E-state index in [1.807, 2.05) is 0 Å². The fourth-order valence-electron chi connectivity index (χ4n) is 1.49. The summed E-state index contributed by atoms with van der Waals surface area (Å²) in [6.07, 6.45) is 0. The molecule has 1 amide bonds. The van der Waals surface area contributed by atoms with Gasteiger partial charge in [0.15, 0.2) is 0 Å². The van der Waals surface area contributed by atoms with Gasteiger partial charge in [-0.05, 0) is 18.2 Å². The van der Waals surface area contributed by atoms with Crippen LogP contribution < -0.4 is 11.1 Å². The van der Waals surface area contributed by atoms with Crippen molar-refractivity contribution in [3.8, 4) is 0 Å². The van der Waals surface area contributed by atoms with Gasteiger partial charge in [-0.1, -0.05) is 6.07 Å². The van der Waals surface area contributed by atoms with Crippen LogP contribution in [-0.2, 0) is 19.6 Å². The number of hydrogen-bond acceptors (Lipinski definition) is 5. The molecule has 0 saturated carbocycles. The minimum atomic E-state index is -3.73. The summed E-state index contributed by atoms with van der Waals surface area (Å²) in [5, 5.41) is 2.55. The summed E-state index contributed by atoms with van der Waals surface area (Å²) in [4.78, 5) is 11.6. The summed E-state index contributed by atoms with van der Waals surface area (Å²) in [7, 11) is -0.868. The Balaban J connectivity index is 2.70. The average Bonchev–Trinajstić information content (AvgIpc) is 2.39. The number of carbonyl (C=O) groups excluding carboxylic acids is 1. The lowest BCUT2D eigenvalue weighted by Crippen LogP contribution is -2.39. The maximum Gasteiger partial charge on any atom is 0.243 e. The van der Waals surface area contributed by atoms with Gasteiger partial charge in [0.1, 0.15) is 0 Å². The maximum absolute atomic E-state index is 12.2. The van der Waals surface area contributed by atoms with Crippen molar-refractivity contribution in [1.82, 2.24) is 9.62 Å². The first-order chi connectivity index (χ1) is 9.37. The van der Waals surface area contributed by atoms with Crippen LogP contribution in [0.4, 0.5) is 5.69 Å². The number of ether oxygens (including phenoxy) is 1. The third-order valence-electron chi connectivity index (χ3n) is 2.56. The zero-order valence-electron chi connectivity index (χ0n) is 11.5. The number of anilines is 1. The summed E-state index contributed by atoms with van der Waals surface area (Å²) >= 11 is 0. The van der Waals surface area contributed by atoms with Gasteiger partial charge >= 0.3 is 0 Å². The van der Waals surface area contributed by atoms with E-state index in [9.17, 15) is 13.2 Å². The van der Waals surface area contributed by atoms with Crippen LogP contribution in [-0.4, -0.2) is 52.5 Å². The number of benzene rings is 1. The zero-order valence-corrected chi connectivity index (χ0v) is 12.3. The number of nitrogens with one attached hydrogen (secondary N) is 1. The topological polar surface area (TPSA) is 102 Å². The highest BCUT2D eigenvalue weighted by molar-refractivity contribution is 7.89. The van der Waals surface area contributed by atoms with Gasteiger partial charge in [0.05, 0.1) is 18.0 Å². The largest absolute Gasteiger partial charge is 0.399 e. The quantitative estimate of drug-likeness (QED) is 0.529. The smallest absolute Gasteiger partial charge is 0.243 e. The summed E-state index contributed by atoms with van der Waals surface area (Å²) in [5.74, 6) is -0.392. The molecule has 112 valence electrons. The highest BCUT2D eigenvalue weighted by Gasteiger charge is 2.22. The summed E-state index contributed by atoms with van der Waals surface area (Å²) < 4.78 is 30.2. The molecular formula is C12H19N3O4S. The van der Waals surface area contributed by atoms with E-state index in [1.54, 1.807) is 12.1 Å². The molecule has 1 aromatic rings. The number of nitrogen functional groups attached to an aromatic ring is 1. The normalized spacial score (nSPS) is 11.6. The zero-order chi connectivity index (χ0) is 15.2. The molecule has 0 atom stereocenters. The number of carbonyl (C=O) groups is 1. The van der Waals surface area contributed by atoms with Crippen molar-refractivity contribution in [2.24, 2.45) is 0 Å². The Morgan fingerprint density at radius 2 is 2.15 bits per heavy atom. The second-order valence-corrected chi connectivity index (χ2v) is 6.22. The minimum absolute atomic E-state index is 0.0599. The number of nitrogens with zero attached hydrogens (tertiary/aromatic N) is 1. The van der Waals surface area contributed by atoms with E-state index in [0.717, 1.165) is 4.31 Å². The molecule has 7 nitrogen and oxygen atoms in total. The fourth-order valence-corrected chi connectivity index (χ4v) is 2.67. The molecule has 0 bridgehead atoms. The van der Waals surface area contributed by atoms with Crippen molar-refractivity contribution in [3.05, 3.63) is 24.3 Å². The van der Waals surface area contributed by atoms with Crippen LogP contribution in [0, 0.1) is 0 Å². The van der Waals surface area contributed by atoms with Gasteiger partial charge in [0.2, 0.25) is 15.9 Å². The van der Waals surface area contributed by atoms with Gasteiger partial charge in [0.25, 0.3) is 0 Å².